The van der Waals surface area contributed by atoms with Gasteiger partial charge in [0.25, 0.3) is 11.5 Å². The van der Waals surface area contributed by atoms with Crippen LogP contribution in [-0.2, 0) is 17.6 Å². The molecule has 0 radical (unpaired) electrons. The van der Waals surface area contributed by atoms with Crippen molar-refractivity contribution in [3.05, 3.63) is 33.2 Å². The number of carbonyl (C=O) groups is 2. The van der Waals surface area contributed by atoms with E-state index in [-0.39, 0.29) is 23.6 Å². The van der Waals surface area contributed by atoms with Crippen LogP contribution in [0.5, 0.6) is 0 Å². The summed E-state index contributed by atoms with van der Waals surface area (Å²) in [6.07, 6.45) is 3.82. The van der Waals surface area contributed by atoms with E-state index in [4.69, 9.17) is 0 Å². The Morgan fingerprint density at radius 2 is 2.00 bits per heavy atom. The molecule has 1 amide bonds. The number of carbonyl (C=O) groups excluding carboxylic acids is 1. The van der Waals surface area contributed by atoms with Crippen molar-refractivity contribution >= 4 is 11.9 Å². The molecule has 0 bridgehead atoms. The normalized spacial score (nSPS) is 21.8. The minimum atomic E-state index is -0.954. The minimum Gasteiger partial charge on any atom is -0.480 e. The molecule has 1 aliphatic carbocycles. The van der Waals surface area contributed by atoms with Gasteiger partial charge in [-0.2, -0.15) is 0 Å². The number of rotatable bonds is 2. The highest BCUT2D eigenvalue weighted by Gasteiger charge is 2.33. The Balaban J connectivity index is 1.86. The lowest BCUT2D eigenvalue weighted by molar-refractivity contribution is -0.144. The lowest BCUT2D eigenvalue weighted by Crippen LogP contribution is -2.56. The third kappa shape index (κ3) is 3.01. The van der Waals surface area contributed by atoms with Gasteiger partial charge in [0.2, 0.25) is 0 Å². The van der Waals surface area contributed by atoms with Crippen molar-refractivity contribution in [2.45, 2.75) is 31.7 Å². The molecule has 1 fully saturated rings. The van der Waals surface area contributed by atoms with Gasteiger partial charge < -0.3 is 15.0 Å². The van der Waals surface area contributed by atoms with Crippen LogP contribution >= 0.6 is 0 Å². The number of aromatic amines is 1. The van der Waals surface area contributed by atoms with Gasteiger partial charge in [-0.3, -0.25) is 19.3 Å². The Labute approximate surface area is 133 Å². The van der Waals surface area contributed by atoms with Crippen molar-refractivity contribution in [1.29, 1.82) is 0 Å². The average Bonchev–Trinajstić information content (AvgIpc) is 2.53. The second-order valence-electron chi connectivity index (χ2n) is 6.31. The van der Waals surface area contributed by atoms with E-state index >= 15 is 0 Å². The van der Waals surface area contributed by atoms with Crippen LogP contribution in [0.25, 0.3) is 0 Å². The third-order valence-corrected chi connectivity index (χ3v) is 4.79. The number of nitrogens with one attached hydrogen (secondary N) is 1. The van der Waals surface area contributed by atoms with Gasteiger partial charge in [0.05, 0.1) is 0 Å². The summed E-state index contributed by atoms with van der Waals surface area (Å²) >= 11 is 0. The zero-order chi connectivity index (χ0) is 16.6. The van der Waals surface area contributed by atoms with Crippen molar-refractivity contribution in [3.8, 4) is 0 Å². The van der Waals surface area contributed by atoms with Crippen LogP contribution in [0, 0.1) is 0 Å². The van der Waals surface area contributed by atoms with Gasteiger partial charge in [0.15, 0.2) is 0 Å². The first-order valence-electron chi connectivity index (χ1n) is 7.95. The first kappa shape index (κ1) is 15.7. The standard InChI is InChI=1S/C16H21N3O4/c1-18-6-7-19(9-13(18)16(22)23)15(21)11-8-10-4-2-3-5-12(10)17-14(11)20/h8,13H,2-7,9H2,1H3,(H,17,20)(H,22,23)/t13-/m1/s1. The van der Waals surface area contributed by atoms with E-state index in [0.29, 0.717) is 13.1 Å². The molecule has 7 nitrogen and oxygen atoms in total. The van der Waals surface area contributed by atoms with Gasteiger partial charge in [0, 0.05) is 25.3 Å². The number of carboxylic acids is 1. The fourth-order valence-corrected chi connectivity index (χ4v) is 3.33. The maximum absolute atomic E-state index is 12.7. The topological polar surface area (TPSA) is 93.7 Å². The largest absolute Gasteiger partial charge is 0.480 e. The molecule has 1 aliphatic heterocycles. The molecule has 7 heteroatoms. The van der Waals surface area contributed by atoms with Crippen molar-refractivity contribution < 1.29 is 14.7 Å². The molecular weight excluding hydrogens is 298 g/mol. The Morgan fingerprint density at radius 1 is 1.26 bits per heavy atom. The monoisotopic (exact) mass is 319 g/mol. The molecule has 23 heavy (non-hydrogen) atoms. The molecule has 0 unspecified atom stereocenters. The lowest BCUT2D eigenvalue weighted by atomic mass is 9.95. The second-order valence-corrected chi connectivity index (χ2v) is 6.31. The second kappa shape index (κ2) is 6.16. The van der Waals surface area contributed by atoms with Gasteiger partial charge in [-0.1, -0.05) is 0 Å². The number of fused-ring (bicyclic) bond motifs is 1. The van der Waals surface area contributed by atoms with Crippen molar-refractivity contribution in [2.75, 3.05) is 26.7 Å². The van der Waals surface area contributed by atoms with Crippen LogP contribution in [0.15, 0.2) is 10.9 Å². The van der Waals surface area contributed by atoms with E-state index < -0.39 is 12.0 Å². The fraction of sp³-hybridized carbons (Fsp3) is 0.562. The maximum Gasteiger partial charge on any atom is 0.322 e. The molecule has 1 atom stereocenters. The lowest BCUT2D eigenvalue weighted by Gasteiger charge is -2.37. The van der Waals surface area contributed by atoms with Crippen LogP contribution in [0.4, 0.5) is 0 Å². The Bertz CT molecular complexity index is 697. The molecule has 0 spiro atoms. The molecule has 2 heterocycles. The summed E-state index contributed by atoms with van der Waals surface area (Å²) in [5, 5.41) is 9.24. The number of piperazine rings is 1. The number of aryl methyl sites for hydroxylation is 2. The molecule has 1 aromatic rings. The maximum atomic E-state index is 12.7. The summed E-state index contributed by atoms with van der Waals surface area (Å²) < 4.78 is 0. The zero-order valence-electron chi connectivity index (χ0n) is 13.2. The van der Waals surface area contributed by atoms with E-state index in [1.807, 2.05) is 0 Å². The van der Waals surface area contributed by atoms with E-state index in [0.717, 1.165) is 36.9 Å². The number of nitrogens with zero attached hydrogens (tertiary/aromatic N) is 2. The smallest absolute Gasteiger partial charge is 0.322 e. The minimum absolute atomic E-state index is 0.0984. The highest BCUT2D eigenvalue weighted by Crippen LogP contribution is 2.19. The molecule has 3 rings (SSSR count). The van der Waals surface area contributed by atoms with Gasteiger partial charge in [-0.25, -0.2) is 0 Å². The van der Waals surface area contributed by atoms with Crippen molar-refractivity contribution in [1.82, 2.24) is 14.8 Å². The molecule has 124 valence electrons. The quantitative estimate of drug-likeness (QED) is 0.806. The summed E-state index contributed by atoms with van der Waals surface area (Å²) in [6, 6.07) is 0.966. The van der Waals surface area contributed by atoms with Gasteiger partial charge in [0.1, 0.15) is 11.6 Å². The molecular formula is C16H21N3O4. The Kier molecular flexibility index (Phi) is 4.21. The summed E-state index contributed by atoms with van der Waals surface area (Å²) in [5.41, 5.74) is 1.71. The van der Waals surface area contributed by atoms with E-state index in [1.165, 1.54) is 4.90 Å². The van der Waals surface area contributed by atoms with Gasteiger partial charge in [-0.15, -0.1) is 0 Å². The highest BCUT2D eigenvalue weighted by molar-refractivity contribution is 5.94. The fourth-order valence-electron chi connectivity index (χ4n) is 3.33. The van der Waals surface area contributed by atoms with Gasteiger partial charge >= 0.3 is 5.97 Å². The van der Waals surface area contributed by atoms with Crippen LogP contribution in [0.3, 0.4) is 0 Å². The summed E-state index contributed by atoms with van der Waals surface area (Å²) in [5.74, 6) is -1.33. The number of aliphatic carboxylic acids is 1. The Morgan fingerprint density at radius 3 is 2.74 bits per heavy atom. The van der Waals surface area contributed by atoms with Crippen molar-refractivity contribution in [2.24, 2.45) is 0 Å². The number of pyridine rings is 1. The Hall–Kier alpha value is -2.15. The van der Waals surface area contributed by atoms with Crippen LogP contribution in [-0.4, -0.2) is 64.5 Å². The predicted octanol–water partition coefficient (Wildman–Crippen LogP) is 0.0945. The molecule has 0 aromatic carbocycles. The van der Waals surface area contributed by atoms with Crippen LogP contribution < -0.4 is 5.56 Å². The number of likely N-dealkylation sites (N-methyl/N-ethyl adjacent to an activating group) is 1. The van der Waals surface area contributed by atoms with Crippen LogP contribution in [0.2, 0.25) is 0 Å². The zero-order valence-corrected chi connectivity index (χ0v) is 13.2. The van der Waals surface area contributed by atoms with E-state index in [1.54, 1.807) is 18.0 Å². The predicted molar refractivity (Wildman–Crippen MR) is 83.7 cm³/mol. The number of amides is 1. The molecule has 2 N–H and O–H groups in total. The first-order chi connectivity index (χ1) is 11.0. The number of carboxylic acid groups (broad SMARTS) is 1. The number of aromatic nitrogens is 1. The third-order valence-electron chi connectivity index (χ3n) is 4.79. The van der Waals surface area contributed by atoms with E-state index in [2.05, 4.69) is 4.98 Å². The number of H-pyrrole nitrogens is 1. The molecule has 1 aromatic heterocycles. The van der Waals surface area contributed by atoms with Crippen LogP contribution in [0.1, 0.15) is 34.5 Å². The van der Waals surface area contributed by atoms with Crippen molar-refractivity contribution in [3.63, 3.8) is 0 Å². The molecule has 2 aliphatic rings. The average molecular weight is 319 g/mol. The summed E-state index contributed by atoms with van der Waals surface area (Å²) in [6.45, 7) is 1.00. The van der Waals surface area contributed by atoms with Gasteiger partial charge in [-0.05, 0) is 44.4 Å². The molecule has 1 saturated heterocycles. The van der Waals surface area contributed by atoms with E-state index in [9.17, 15) is 19.5 Å². The SMILES string of the molecule is CN1CCN(C(=O)c2cc3c([nH]c2=O)CCCC3)C[C@@H]1C(=O)O. The molecule has 0 saturated carbocycles. The number of hydrogen-bond donors (Lipinski definition) is 2. The first-order valence-corrected chi connectivity index (χ1v) is 7.95. The summed E-state index contributed by atoms with van der Waals surface area (Å²) in [4.78, 5) is 42.2. The highest BCUT2D eigenvalue weighted by atomic mass is 16.4. The number of hydrogen-bond acceptors (Lipinski definition) is 4. The summed E-state index contributed by atoms with van der Waals surface area (Å²) in [7, 11) is 1.73.